The summed E-state index contributed by atoms with van der Waals surface area (Å²) < 4.78 is 54.3. The van der Waals surface area contributed by atoms with Crippen LogP contribution in [0.3, 0.4) is 0 Å². The number of halogens is 5. The summed E-state index contributed by atoms with van der Waals surface area (Å²) in [6, 6.07) is 2.97. The molecule has 0 aliphatic heterocycles. The highest BCUT2D eigenvalue weighted by molar-refractivity contribution is 5.94. The zero-order valence-electron chi connectivity index (χ0n) is 12.0. The topological polar surface area (TPSA) is 64.4 Å². The van der Waals surface area contributed by atoms with Gasteiger partial charge >= 0.3 is 6.18 Å². The molecule has 0 spiro atoms. The van der Waals surface area contributed by atoms with Gasteiger partial charge in [-0.3, -0.25) is 4.79 Å². The van der Waals surface area contributed by atoms with E-state index < -0.39 is 18.6 Å². The fourth-order valence-electron chi connectivity index (χ4n) is 2.37. The maximum absolute atomic E-state index is 13.2. The van der Waals surface area contributed by atoms with Gasteiger partial charge in [0.15, 0.2) is 6.61 Å². The number of amides is 1. The van der Waals surface area contributed by atoms with Crippen molar-refractivity contribution >= 4 is 24.0 Å². The number of anilines is 1. The quantitative estimate of drug-likeness (QED) is 0.814. The second-order valence-corrected chi connectivity index (χ2v) is 5.30. The van der Waals surface area contributed by atoms with Crippen molar-refractivity contribution in [1.29, 1.82) is 0 Å². The van der Waals surface area contributed by atoms with E-state index >= 15 is 0 Å². The zero-order chi connectivity index (χ0) is 16.3. The van der Waals surface area contributed by atoms with Gasteiger partial charge in [-0.2, -0.15) is 13.2 Å². The maximum atomic E-state index is 13.2. The van der Waals surface area contributed by atoms with Gasteiger partial charge in [0.05, 0.1) is 5.69 Å². The number of benzene rings is 1. The third-order valence-corrected chi connectivity index (χ3v) is 3.44. The molecule has 1 aromatic carbocycles. The number of hydrogen-bond acceptors (Lipinski definition) is 3. The predicted molar refractivity (Wildman–Crippen MR) is 79.1 cm³/mol. The molecule has 4 nitrogen and oxygen atoms in total. The molecule has 0 saturated heterocycles. The molecule has 2 atom stereocenters. The molecule has 1 fully saturated rings. The first kappa shape index (κ1) is 19.5. The number of carbonyl (C=O) groups is 1. The molecular formula is C14H17ClF4N2O2. The fourth-order valence-corrected chi connectivity index (χ4v) is 2.37. The molecule has 1 aromatic rings. The van der Waals surface area contributed by atoms with Crippen LogP contribution in [-0.4, -0.2) is 24.7 Å². The van der Waals surface area contributed by atoms with E-state index in [1.807, 2.05) is 0 Å². The van der Waals surface area contributed by atoms with Crippen LogP contribution in [0.25, 0.3) is 0 Å². The van der Waals surface area contributed by atoms with Crippen molar-refractivity contribution in [2.45, 2.75) is 31.5 Å². The number of nitrogens with two attached hydrogens (primary N) is 1. The van der Waals surface area contributed by atoms with E-state index in [1.165, 1.54) is 6.07 Å². The van der Waals surface area contributed by atoms with E-state index in [0.717, 1.165) is 18.6 Å². The number of hydrogen-bond donors (Lipinski definition) is 2. The minimum atomic E-state index is -4.55. The Kier molecular flexibility index (Phi) is 6.64. The van der Waals surface area contributed by atoms with Crippen molar-refractivity contribution in [2.24, 2.45) is 11.7 Å². The molecular weight excluding hydrogens is 340 g/mol. The van der Waals surface area contributed by atoms with E-state index in [0.29, 0.717) is 12.8 Å². The fraction of sp³-hybridized carbons (Fsp3) is 0.500. The average Bonchev–Trinajstić information content (AvgIpc) is 2.85. The number of carbonyl (C=O) groups excluding carboxylic acids is 1. The highest BCUT2D eigenvalue weighted by Gasteiger charge is 2.30. The van der Waals surface area contributed by atoms with Gasteiger partial charge < -0.3 is 15.8 Å². The van der Waals surface area contributed by atoms with Crippen LogP contribution in [0.5, 0.6) is 5.75 Å². The molecule has 3 N–H and O–H groups in total. The first-order chi connectivity index (χ1) is 10.2. The molecule has 1 aliphatic rings. The largest absolute Gasteiger partial charge is 0.482 e. The van der Waals surface area contributed by atoms with Crippen LogP contribution in [0.15, 0.2) is 18.2 Å². The van der Waals surface area contributed by atoms with Gasteiger partial charge in [-0.1, -0.05) is 0 Å². The van der Waals surface area contributed by atoms with Gasteiger partial charge in [0, 0.05) is 18.0 Å². The predicted octanol–water partition coefficient (Wildman–Crippen LogP) is 3.25. The van der Waals surface area contributed by atoms with Crippen molar-refractivity contribution in [3.8, 4) is 5.75 Å². The Morgan fingerprint density at radius 3 is 2.61 bits per heavy atom. The maximum Gasteiger partial charge on any atom is 0.422 e. The smallest absolute Gasteiger partial charge is 0.422 e. The molecule has 1 amide bonds. The van der Waals surface area contributed by atoms with E-state index in [4.69, 9.17) is 5.73 Å². The SMILES string of the molecule is Cl.NC1CCC(C(=O)Nc2ccc(F)cc2OCC(F)(F)F)C1. The number of ether oxygens (including phenoxy) is 1. The first-order valence-corrected chi connectivity index (χ1v) is 6.80. The summed E-state index contributed by atoms with van der Waals surface area (Å²) in [4.78, 5) is 12.1. The van der Waals surface area contributed by atoms with Gasteiger partial charge in [-0.05, 0) is 31.4 Å². The lowest BCUT2D eigenvalue weighted by molar-refractivity contribution is -0.153. The second-order valence-electron chi connectivity index (χ2n) is 5.30. The Bertz CT molecular complexity index is 554. The molecule has 23 heavy (non-hydrogen) atoms. The van der Waals surface area contributed by atoms with E-state index in [1.54, 1.807) is 0 Å². The zero-order valence-corrected chi connectivity index (χ0v) is 12.8. The van der Waals surface area contributed by atoms with Crippen LogP contribution < -0.4 is 15.8 Å². The standard InChI is InChI=1S/C14H16F4N2O2.ClH/c15-9-2-4-11(12(6-9)22-7-14(16,17)18)20-13(21)8-1-3-10(19)5-8;/h2,4,6,8,10H,1,3,5,7,19H2,(H,20,21);1H. The summed E-state index contributed by atoms with van der Waals surface area (Å²) in [7, 11) is 0. The van der Waals surface area contributed by atoms with Crippen molar-refractivity contribution in [3.63, 3.8) is 0 Å². The van der Waals surface area contributed by atoms with Crippen LogP contribution in [-0.2, 0) is 4.79 Å². The third kappa shape index (κ3) is 5.87. The number of rotatable bonds is 4. The summed E-state index contributed by atoms with van der Waals surface area (Å²) in [5, 5.41) is 2.48. The monoisotopic (exact) mass is 356 g/mol. The van der Waals surface area contributed by atoms with Crippen LogP contribution in [0.1, 0.15) is 19.3 Å². The van der Waals surface area contributed by atoms with Crippen LogP contribution in [0.2, 0.25) is 0 Å². The number of alkyl halides is 3. The van der Waals surface area contributed by atoms with Crippen LogP contribution in [0.4, 0.5) is 23.2 Å². The third-order valence-electron chi connectivity index (χ3n) is 3.44. The molecule has 1 aliphatic carbocycles. The van der Waals surface area contributed by atoms with Crippen molar-refractivity contribution in [2.75, 3.05) is 11.9 Å². The number of nitrogens with one attached hydrogen (secondary N) is 1. The lowest BCUT2D eigenvalue weighted by Crippen LogP contribution is -2.24. The van der Waals surface area contributed by atoms with Crippen molar-refractivity contribution in [1.82, 2.24) is 0 Å². The molecule has 2 rings (SSSR count). The Labute approximate surface area is 136 Å². The average molecular weight is 357 g/mol. The summed E-state index contributed by atoms with van der Waals surface area (Å²) in [5.74, 6) is -1.75. The molecule has 0 radical (unpaired) electrons. The lowest BCUT2D eigenvalue weighted by Gasteiger charge is -2.16. The Morgan fingerprint density at radius 1 is 1.35 bits per heavy atom. The van der Waals surface area contributed by atoms with Crippen molar-refractivity contribution in [3.05, 3.63) is 24.0 Å². The van der Waals surface area contributed by atoms with Gasteiger partial charge in [0.1, 0.15) is 11.6 Å². The molecule has 130 valence electrons. The normalized spacial score (nSPS) is 20.7. The minimum Gasteiger partial charge on any atom is -0.482 e. The molecule has 0 heterocycles. The van der Waals surface area contributed by atoms with Crippen molar-refractivity contribution < 1.29 is 27.1 Å². The van der Waals surface area contributed by atoms with E-state index in [2.05, 4.69) is 10.1 Å². The Morgan fingerprint density at radius 2 is 2.04 bits per heavy atom. The first-order valence-electron chi connectivity index (χ1n) is 6.80. The Hall–Kier alpha value is -1.54. The summed E-state index contributed by atoms with van der Waals surface area (Å²) in [6.07, 6.45) is -2.69. The highest BCUT2D eigenvalue weighted by Crippen LogP contribution is 2.30. The van der Waals surface area contributed by atoms with Crippen LogP contribution in [0, 0.1) is 11.7 Å². The van der Waals surface area contributed by atoms with E-state index in [-0.39, 0.29) is 41.7 Å². The summed E-state index contributed by atoms with van der Waals surface area (Å²) >= 11 is 0. The van der Waals surface area contributed by atoms with Crippen LogP contribution >= 0.6 is 12.4 Å². The second kappa shape index (κ2) is 7.83. The minimum absolute atomic E-state index is 0. The molecule has 9 heteroatoms. The molecule has 1 saturated carbocycles. The Balaban J connectivity index is 0.00000264. The summed E-state index contributed by atoms with van der Waals surface area (Å²) in [5.41, 5.74) is 5.73. The van der Waals surface area contributed by atoms with Gasteiger partial charge in [0.25, 0.3) is 0 Å². The lowest BCUT2D eigenvalue weighted by atomic mass is 10.1. The molecule has 0 aromatic heterocycles. The van der Waals surface area contributed by atoms with Gasteiger partial charge in [-0.15, -0.1) is 12.4 Å². The molecule has 0 bridgehead atoms. The van der Waals surface area contributed by atoms with E-state index in [9.17, 15) is 22.4 Å². The van der Waals surface area contributed by atoms with Gasteiger partial charge in [0.2, 0.25) is 5.91 Å². The molecule has 2 unspecified atom stereocenters. The summed E-state index contributed by atoms with van der Waals surface area (Å²) in [6.45, 7) is -1.56. The highest BCUT2D eigenvalue weighted by atomic mass is 35.5. The van der Waals surface area contributed by atoms with Gasteiger partial charge in [-0.25, -0.2) is 4.39 Å².